The molecule has 20 heavy (non-hydrogen) atoms. The molecular weight excluding hydrogens is 274 g/mol. The van der Waals surface area contributed by atoms with E-state index in [1.54, 1.807) is 0 Å². The lowest BCUT2D eigenvalue weighted by Gasteiger charge is -2.28. The molecule has 3 unspecified atom stereocenters. The van der Waals surface area contributed by atoms with Gasteiger partial charge in [-0.3, -0.25) is 0 Å². The Balaban J connectivity index is 1.88. The summed E-state index contributed by atoms with van der Waals surface area (Å²) in [5.41, 5.74) is 8.31. The summed E-state index contributed by atoms with van der Waals surface area (Å²) in [4.78, 5) is 0. The van der Waals surface area contributed by atoms with Crippen LogP contribution in [0.25, 0.3) is 0 Å². The number of fused-ring (bicyclic) bond motifs is 1. The normalized spacial score (nSPS) is 29.5. The first-order chi connectivity index (χ1) is 9.47. The smallest absolute Gasteiger partial charge is 0.155 e. The topological polar surface area (TPSA) is 69.4 Å². The van der Waals surface area contributed by atoms with Gasteiger partial charge in [0.05, 0.1) is 11.0 Å². The Bertz CT molecular complexity index is 612. The maximum atomic E-state index is 12.2. The minimum absolute atomic E-state index is 0.190. The van der Waals surface area contributed by atoms with Gasteiger partial charge in [-0.1, -0.05) is 18.6 Å². The van der Waals surface area contributed by atoms with Crippen LogP contribution in [-0.2, 0) is 16.3 Å². The fraction of sp³-hybridized carbons (Fsp3) is 0.600. The SMILES string of the molecule is CC1Cc2cc(C(N)C3CCCCS3(=O)=O)ccc2O1. The molecule has 3 rings (SSSR count). The quantitative estimate of drug-likeness (QED) is 0.905. The van der Waals surface area contributed by atoms with E-state index < -0.39 is 21.1 Å². The maximum absolute atomic E-state index is 12.2. The summed E-state index contributed by atoms with van der Waals surface area (Å²) in [5.74, 6) is 1.18. The highest BCUT2D eigenvalue weighted by Crippen LogP contribution is 2.34. The van der Waals surface area contributed by atoms with E-state index in [1.165, 1.54) is 0 Å². The highest BCUT2D eigenvalue weighted by atomic mass is 32.2. The fourth-order valence-corrected chi connectivity index (χ4v) is 5.29. The average molecular weight is 295 g/mol. The molecule has 0 aromatic heterocycles. The molecule has 0 saturated carbocycles. The van der Waals surface area contributed by atoms with E-state index in [0.29, 0.717) is 6.42 Å². The molecule has 110 valence electrons. The molecule has 4 nitrogen and oxygen atoms in total. The van der Waals surface area contributed by atoms with Gasteiger partial charge in [0.25, 0.3) is 0 Å². The van der Waals surface area contributed by atoms with Crippen LogP contribution in [0.5, 0.6) is 5.75 Å². The van der Waals surface area contributed by atoms with Crippen LogP contribution in [0.4, 0.5) is 0 Å². The van der Waals surface area contributed by atoms with Gasteiger partial charge >= 0.3 is 0 Å². The molecule has 1 fully saturated rings. The minimum Gasteiger partial charge on any atom is -0.490 e. The number of rotatable bonds is 2. The second-order valence-electron chi connectivity index (χ2n) is 5.93. The Hall–Kier alpha value is -1.07. The van der Waals surface area contributed by atoms with E-state index in [1.807, 2.05) is 25.1 Å². The summed E-state index contributed by atoms with van der Waals surface area (Å²) >= 11 is 0. The van der Waals surface area contributed by atoms with Crippen LogP contribution in [0.3, 0.4) is 0 Å². The van der Waals surface area contributed by atoms with Crippen LogP contribution in [0.15, 0.2) is 18.2 Å². The lowest BCUT2D eigenvalue weighted by atomic mass is 9.97. The van der Waals surface area contributed by atoms with Crippen LogP contribution in [0.1, 0.15) is 43.4 Å². The number of hydrogen-bond donors (Lipinski definition) is 1. The van der Waals surface area contributed by atoms with Crippen molar-refractivity contribution < 1.29 is 13.2 Å². The van der Waals surface area contributed by atoms with Crippen molar-refractivity contribution in [1.29, 1.82) is 0 Å². The van der Waals surface area contributed by atoms with Crippen LogP contribution < -0.4 is 10.5 Å². The van der Waals surface area contributed by atoms with Gasteiger partial charge in [0.2, 0.25) is 0 Å². The van der Waals surface area contributed by atoms with Crippen LogP contribution in [0.2, 0.25) is 0 Å². The Morgan fingerprint density at radius 2 is 2.15 bits per heavy atom. The molecule has 0 bridgehead atoms. The molecular formula is C15H21NO3S. The molecule has 0 spiro atoms. The number of sulfone groups is 1. The molecule has 0 amide bonds. The van der Waals surface area contributed by atoms with E-state index >= 15 is 0 Å². The van der Waals surface area contributed by atoms with Crippen LogP contribution in [-0.4, -0.2) is 25.5 Å². The molecule has 0 radical (unpaired) electrons. The highest BCUT2D eigenvalue weighted by Gasteiger charge is 2.35. The van der Waals surface area contributed by atoms with E-state index in [0.717, 1.165) is 36.1 Å². The van der Waals surface area contributed by atoms with Crippen molar-refractivity contribution in [2.45, 2.75) is 50.0 Å². The summed E-state index contributed by atoms with van der Waals surface area (Å²) in [5, 5.41) is -0.436. The fourth-order valence-electron chi connectivity index (χ4n) is 3.25. The van der Waals surface area contributed by atoms with Gasteiger partial charge in [-0.15, -0.1) is 0 Å². The summed E-state index contributed by atoms with van der Waals surface area (Å²) in [7, 11) is -3.05. The molecule has 1 aromatic carbocycles. The van der Waals surface area contributed by atoms with Gasteiger partial charge in [0.15, 0.2) is 9.84 Å². The molecule has 5 heteroatoms. The summed E-state index contributed by atoms with van der Waals surface area (Å²) < 4.78 is 30.0. The van der Waals surface area contributed by atoms with Crippen LogP contribution in [0, 0.1) is 0 Å². The van der Waals surface area contributed by atoms with Gasteiger partial charge in [-0.2, -0.15) is 0 Å². The maximum Gasteiger partial charge on any atom is 0.155 e. The van der Waals surface area contributed by atoms with Crippen molar-refractivity contribution in [3.05, 3.63) is 29.3 Å². The zero-order valence-electron chi connectivity index (χ0n) is 11.7. The van der Waals surface area contributed by atoms with E-state index in [-0.39, 0.29) is 11.9 Å². The van der Waals surface area contributed by atoms with Crippen molar-refractivity contribution in [1.82, 2.24) is 0 Å². The molecule has 1 aromatic rings. The third-order valence-electron chi connectivity index (χ3n) is 4.33. The van der Waals surface area contributed by atoms with Crippen molar-refractivity contribution in [2.24, 2.45) is 5.73 Å². The predicted molar refractivity (Wildman–Crippen MR) is 78.6 cm³/mol. The molecule has 2 aliphatic heterocycles. The zero-order chi connectivity index (χ0) is 14.3. The van der Waals surface area contributed by atoms with E-state index in [9.17, 15) is 8.42 Å². The first kappa shape index (κ1) is 13.9. The van der Waals surface area contributed by atoms with Crippen molar-refractivity contribution >= 4 is 9.84 Å². The summed E-state index contributed by atoms with van der Waals surface area (Å²) in [6.45, 7) is 2.03. The first-order valence-electron chi connectivity index (χ1n) is 7.24. The molecule has 3 atom stereocenters. The number of ether oxygens (including phenoxy) is 1. The molecule has 2 N–H and O–H groups in total. The minimum atomic E-state index is -3.05. The molecule has 2 aliphatic rings. The average Bonchev–Trinajstić information content (AvgIpc) is 2.76. The third-order valence-corrected chi connectivity index (χ3v) is 6.64. The number of nitrogens with two attached hydrogens (primary N) is 1. The van der Waals surface area contributed by atoms with Crippen molar-refractivity contribution in [3.8, 4) is 5.75 Å². The molecule has 1 saturated heterocycles. The summed E-state index contributed by atoms with van der Waals surface area (Å²) in [6, 6.07) is 5.42. The molecule has 2 heterocycles. The second-order valence-corrected chi connectivity index (χ2v) is 8.27. The zero-order valence-corrected chi connectivity index (χ0v) is 12.5. The van der Waals surface area contributed by atoms with Gasteiger partial charge < -0.3 is 10.5 Å². The second kappa shape index (κ2) is 5.04. The highest BCUT2D eigenvalue weighted by molar-refractivity contribution is 7.92. The Kier molecular flexibility index (Phi) is 3.50. The Morgan fingerprint density at radius 3 is 2.90 bits per heavy atom. The third kappa shape index (κ3) is 2.44. The first-order valence-corrected chi connectivity index (χ1v) is 8.95. The van der Waals surface area contributed by atoms with Gasteiger partial charge in [0, 0.05) is 12.5 Å². The van der Waals surface area contributed by atoms with Crippen LogP contribution >= 0.6 is 0 Å². The Morgan fingerprint density at radius 1 is 1.35 bits per heavy atom. The molecule has 0 aliphatic carbocycles. The van der Waals surface area contributed by atoms with E-state index in [4.69, 9.17) is 10.5 Å². The van der Waals surface area contributed by atoms with Gasteiger partial charge in [-0.05, 0) is 37.0 Å². The largest absolute Gasteiger partial charge is 0.490 e. The van der Waals surface area contributed by atoms with Gasteiger partial charge in [0.1, 0.15) is 11.9 Å². The standard InChI is InChI=1S/C15H21NO3S/c1-10-8-12-9-11(5-6-13(12)19-10)15(16)14-4-2-3-7-20(14,17)18/h5-6,9-10,14-15H,2-4,7-8,16H2,1H3. The lowest BCUT2D eigenvalue weighted by molar-refractivity contribution is 0.254. The predicted octanol–water partition coefficient (Wildman–Crippen LogP) is 1.98. The lowest BCUT2D eigenvalue weighted by Crippen LogP contribution is -2.37. The van der Waals surface area contributed by atoms with Crippen molar-refractivity contribution in [2.75, 3.05) is 5.75 Å². The summed E-state index contributed by atoms with van der Waals surface area (Å²) in [6.07, 6.45) is 3.44. The number of hydrogen-bond acceptors (Lipinski definition) is 4. The van der Waals surface area contributed by atoms with Crippen molar-refractivity contribution in [3.63, 3.8) is 0 Å². The number of benzene rings is 1. The monoisotopic (exact) mass is 295 g/mol. The van der Waals surface area contributed by atoms with Gasteiger partial charge in [-0.25, -0.2) is 8.42 Å². The Labute approximate surface area is 120 Å². The van der Waals surface area contributed by atoms with E-state index in [2.05, 4.69) is 0 Å².